The minimum atomic E-state index is -4.71. The Morgan fingerprint density at radius 2 is 1.61 bits per heavy atom. The normalized spacial score (nSPS) is 14.6. The fourth-order valence-corrected chi connectivity index (χ4v) is 4.36. The Kier molecular flexibility index (Phi) is 8.27. The zero-order valence-corrected chi connectivity index (χ0v) is 22.9. The number of amides is 3. The van der Waals surface area contributed by atoms with Crippen molar-refractivity contribution >= 4 is 23.4 Å². The summed E-state index contributed by atoms with van der Waals surface area (Å²) in [5.41, 5.74) is -1.38. The maximum absolute atomic E-state index is 14.0. The van der Waals surface area contributed by atoms with Gasteiger partial charge in [-0.1, -0.05) is 26.8 Å². The van der Waals surface area contributed by atoms with E-state index in [2.05, 4.69) is 15.7 Å². The van der Waals surface area contributed by atoms with Gasteiger partial charge >= 0.3 is 12.2 Å². The second-order valence-electron chi connectivity index (χ2n) is 10.8. The van der Waals surface area contributed by atoms with E-state index < -0.39 is 47.0 Å². The lowest BCUT2D eigenvalue weighted by molar-refractivity contribution is -0.137. The topological polar surface area (TPSA) is 88.5 Å². The first kappa shape index (κ1) is 29.8. The van der Waals surface area contributed by atoms with Gasteiger partial charge in [-0.3, -0.25) is 14.8 Å². The molecule has 1 saturated heterocycles. The van der Waals surface area contributed by atoms with Crippen molar-refractivity contribution < 1.29 is 36.3 Å². The summed E-state index contributed by atoms with van der Waals surface area (Å²) in [6.07, 6.45) is -4.84. The molecule has 8 nitrogen and oxygen atoms in total. The van der Waals surface area contributed by atoms with Crippen molar-refractivity contribution in [3.05, 3.63) is 70.9 Å². The van der Waals surface area contributed by atoms with Gasteiger partial charge in [-0.25, -0.2) is 13.6 Å². The van der Waals surface area contributed by atoms with Crippen LogP contribution in [-0.4, -0.2) is 45.8 Å². The van der Waals surface area contributed by atoms with Gasteiger partial charge in [-0.15, -0.1) is 0 Å². The summed E-state index contributed by atoms with van der Waals surface area (Å²) in [7, 11) is 1.63. The van der Waals surface area contributed by atoms with E-state index in [-0.39, 0.29) is 42.8 Å². The molecule has 1 fully saturated rings. The van der Waals surface area contributed by atoms with Crippen molar-refractivity contribution in [2.75, 3.05) is 23.7 Å². The van der Waals surface area contributed by atoms with E-state index in [1.54, 1.807) is 13.1 Å². The van der Waals surface area contributed by atoms with Gasteiger partial charge in [0.15, 0.2) is 0 Å². The van der Waals surface area contributed by atoms with Crippen molar-refractivity contribution in [3.8, 4) is 5.75 Å². The van der Waals surface area contributed by atoms with Gasteiger partial charge in [-0.05, 0) is 24.3 Å². The van der Waals surface area contributed by atoms with Gasteiger partial charge in [0.1, 0.15) is 34.9 Å². The van der Waals surface area contributed by atoms with E-state index in [0.717, 1.165) is 36.0 Å². The number of urea groups is 1. The lowest BCUT2D eigenvalue weighted by Crippen LogP contribution is -2.42. The predicted molar refractivity (Wildman–Crippen MR) is 142 cm³/mol. The van der Waals surface area contributed by atoms with E-state index in [1.807, 2.05) is 20.8 Å². The molecular weight excluding hydrogens is 549 g/mol. The van der Waals surface area contributed by atoms with Crippen molar-refractivity contribution in [1.29, 1.82) is 0 Å². The lowest BCUT2D eigenvalue weighted by atomic mass is 9.92. The summed E-state index contributed by atoms with van der Waals surface area (Å²) in [5.74, 6) is -2.53. The highest BCUT2D eigenvalue weighted by molar-refractivity contribution is 5.99. The number of benzene rings is 2. The Labute approximate surface area is 233 Å². The number of likely N-dealkylation sites (tertiary alicyclic amines) is 1. The molecule has 1 aliphatic rings. The van der Waals surface area contributed by atoms with Crippen molar-refractivity contribution in [2.24, 2.45) is 7.05 Å². The van der Waals surface area contributed by atoms with Crippen LogP contribution in [-0.2, 0) is 18.6 Å². The number of ether oxygens (including phenoxy) is 1. The van der Waals surface area contributed by atoms with E-state index in [1.165, 1.54) is 15.6 Å². The Morgan fingerprint density at radius 1 is 0.976 bits per heavy atom. The fraction of sp³-hybridized carbons (Fsp3) is 0.393. The van der Waals surface area contributed by atoms with Crippen LogP contribution in [0.1, 0.15) is 55.2 Å². The maximum Gasteiger partial charge on any atom is 0.416 e. The van der Waals surface area contributed by atoms with Crippen LogP contribution in [0.15, 0.2) is 42.5 Å². The van der Waals surface area contributed by atoms with Gasteiger partial charge in [0.25, 0.3) is 5.91 Å². The first-order valence-electron chi connectivity index (χ1n) is 12.9. The SMILES string of the molecule is Cn1nc(C(C)(C)C)cc1NC(=O)Nc1cc(OC2CCN(C(=O)c3c(F)cccc3F)CC2)cc(C(F)(F)F)c1. The number of rotatable bonds is 5. The summed E-state index contributed by atoms with van der Waals surface area (Å²) >= 11 is 0. The van der Waals surface area contributed by atoms with Gasteiger partial charge in [0, 0.05) is 56.2 Å². The number of nitrogens with one attached hydrogen (secondary N) is 2. The van der Waals surface area contributed by atoms with Crippen LogP contribution in [0.25, 0.3) is 0 Å². The number of aryl methyl sites for hydroxylation is 1. The molecule has 2 aromatic carbocycles. The first-order valence-corrected chi connectivity index (χ1v) is 12.9. The molecule has 1 aromatic heterocycles. The quantitative estimate of drug-likeness (QED) is 0.345. The number of halogens is 5. The molecule has 0 radical (unpaired) electrons. The number of hydrogen-bond acceptors (Lipinski definition) is 4. The maximum atomic E-state index is 14.0. The average Bonchev–Trinajstić information content (AvgIpc) is 3.24. The standard InChI is InChI=1S/C28H30F5N5O3/c1-27(2,3)22-15-23(37(4)36-22)35-26(40)34-17-12-16(28(31,32)33)13-19(14-17)41-18-8-10-38(11-9-18)25(39)24-20(29)6-5-7-21(24)30/h5-7,12-15,18H,8-11H2,1-4H3,(H2,34,35,40). The van der Waals surface area contributed by atoms with Gasteiger partial charge in [0.2, 0.25) is 0 Å². The molecule has 220 valence electrons. The molecule has 13 heteroatoms. The van der Waals surface area contributed by atoms with Crippen LogP contribution in [0.3, 0.4) is 0 Å². The molecule has 0 unspecified atom stereocenters. The van der Waals surface area contributed by atoms with Crippen LogP contribution in [0.4, 0.5) is 38.3 Å². The fourth-order valence-electron chi connectivity index (χ4n) is 4.36. The number of carbonyl (C=O) groups is 2. The Morgan fingerprint density at radius 3 is 2.17 bits per heavy atom. The van der Waals surface area contributed by atoms with E-state index in [0.29, 0.717) is 5.82 Å². The number of alkyl halides is 3. The second kappa shape index (κ2) is 11.4. The third-order valence-corrected chi connectivity index (χ3v) is 6.59. The Balaban J connectivity index is 1.44. The minimum Gasteiger partial charge on any atom is -0.490 e. The molecule has 41 heavy (non-hydrogen) atoms. The van der Waals surface area contributed by atoms with Crippen molar-refractivity contribution in [1.82, 2.24) is 14.7 Å². The molecule has 0 spiro atoms. The molecule has 3 aromatic rings. The number of anilines is 2. The molecule has 0 saturated carbocycles. The third-order valence-electron chi connectivity index (χ3n) is 6.59. The number of piperidine rings is 1. The monoisotopic (exact) mass is 579 g/mol. The van der Waals surface area contributed by atoms with E-state index in [9.17, 15) is 31.5 Å². The first-order chi connectivity index (χ1) is 19.1. The average molecular weight is 580 g/mol. The minimum absolute atomic E-state index is 0.0883. The Hall–Kier alpha value is -4.16. The highest BCUT2D eigenvalue weighted by Crippen LogP contribution is 2.35. The number of carbonyl (C=O) groups excluding carboxylic acids is 2. The molecule has 3 amide bonds. The third kappa shape index (κ3) is 7.14. The van der Waals surface area contributed by atoms with Crippen molar-refractivity contribution in [3.63, 3.8) is 0 Å². The number of aromatic nitrogens is 2. The van der Waals surface area contributed by atoms with Crippen LogP contribution >= 0.6 is 0 Å². The summed E-state index contributed by atoms with van der Waals surface area (Å²) in [6.45, 7) is 6.03. The lowest BCUT2D eigenvalue weighted by Gasteiger charge is -2.32. The van der Waals surface area contributed by atoms with E-state index >= 15 is 0 Å². The molecule has 2 N–H and O–H groups in total. The van der Waals surface area contributed by atoms with Crippen LogP contribution in [0.2, 0.25) is 0 Å². The molecule has 0 atom stereocenters. The smallest absolute Gasteiger partial charge is 0.416 e. The second-order valence-corrected chi connectivity index (χ2v) is 10.8. The summed E-state index contributed by atoms with van der Waals surface area (Å²) in [4.78, 5) is 26.6. The van der Waals surface area contributed by atoms with Gasteiger partial charge < -0.3 is 15.0 Å². The summed E-state index contributed by atoms with van der Waals surface area (Å²) in [5, 5.41) is 9.35. The molecule has 0 aliphatic carbocycles. The zero-order chi connectivity index (χ0) is 30.1. The molecular formula is C28H30F5N5O3. The molecule has 4 rings (SSSR count). The zero-order valence-electron chi connectivity index (χ0n) is 22.9. The largest absolute Gasteiger partial charge is 0.490 e. The van der Waals surface area contributed by atoms with Crippen LogP contribution < -0.4 is 15.4 Å². The molecule has 0 bridgehead atoms. The highest BCUT2D eigenvalue weighted by atomic mass is 19.4. The summed E-state index contributed by atoms with van der Waals surface area (Å²) < 4.78 is 76.2. The van der Waals surface area contributed by atoms with Crippen LogP contribution in [0, 0.1) is 11.6 Å². The predicted octanol–water partition coefficient (Wildman–Crippen LogP) is 6.34. The number of nitrogens with zero attached hydrogens (tertiary/aromatic N) is 3. The van der Waals surface area contributed by atoms with Gasteiger partial charge in [-0.2, -0.15) is 18.3 Å². The Bertz CT molecular complexity index is 1420. The van der Waals surface area contributed by atoms with E-state index in [4.69, 9.17) is 4.74 Å². The van der Waals surface area contributed by atoms with Gasteiger partial charge in [0.05, 0.1) is 11.3 Å². The number of hydrogen-bond donors (Lipinski definition) is 2. The molecule has 1 aliphatic heterocycles. The van der Waals surface area contributed by atoms with Crippen molar-refractivity contribution in [2.45, 2.75) is 51.3 Å². The summed E-state index contributed by atoms with van der Waals surface area (Å²) in [6, 6.07) is 6.93. The van der Waals surface area contributed by atoms with Crippen LogP contribution in [0.5, 0.6) is 5.75 Å². The molecule has 2 heterocycles. The highest BCUT2D eigenvalue weighted by Gasteiger charge is 2.33.